The monoisotopic (exact) mass is 425 g/mol. The molecule has 1 heterocycles. The lowest BCUT2D eigenvalue weighted by Gasteiger charge is -2.32. The first-order valence-electron chi connectivity index (χ1n) is 9.75. The zero-order valence-electron chi connectivity index (χ0n) is 17.7. The third kappa shape index (κ3) is 5.93. The molecule has 2 N–H and O–H groups in total. The van der Waals surface area contributed by atoms with Crippen LogP contribution in [0.2, 0.25) is 0 Å². The van der Waals surface area contributed by atoms with E-state index in [1.165, 1.54) is 29.6 Å². The Morgan fingerprint density at radius 3 is 2.52 bits per heavy atom. The van der Waals surface area contributed by atoms with Gasteiger partial charge in [0.2, 0.25) is 15.9 Å². The van der Waals surface area contributed by atoms with Crippen LogP contribution in [-0.2, 0) is 14.8 Å². The van der Waals surface area contributed by atoms with Crippen LogP contribution in [0.5, 0.6) is 5.75 Å². The summed E-state index contributed by atoms with van der Waals surface area (Å²) in [6, 6.07) is 4.14. The first kappa shape index (κ1) is 23.2. The number of rotatable bonds is 6. The molecule has 0 spiro atoms. The highest BCUT2D eigenvalue weighted by atomic mass is 32.2. The SMILES string of the molecule is COc1ccc(C(=O)NCC(=O)NC(C)(C)C)cc1S(=O)(=O)N1CCCC[C@H]1C. The molecule has 8 nitrogen and oxygen atoms in total. The summed E-state index contributed by atoms with van der Waals surface area (Å²) < 4.78 is 33.2. The van der Waals surface area contributed by atoms with Crippen molar-refractivity contribution in [3.8, 4) is 5.75 Å². The van der Waals surface area contributed by atoms with Crippen LogP contribution in [0.4, 0.5) is 0 Å². The molecule has 1 atom stereocenters. The van der Waals surface area contributed by atoms with Gasteiger partial charge in [-0.1, -0.05) is 6.42 Å². The fraction of sp³-hybridized carbons (Fsp3) is 0.600. The molecule has 0 radical (unpaired) electrons. The number of hydrogen-bond acceptors (Lipinski definition) is 5. The largest absolute Gasteiger partial charge is 0.495 e. The van der Waals surface area contributed by atoms with Gasteiger partial charge in [0, 0.05) is 23.7 Å². The van der Waals surface area contributed by atoms with Gasteiger partial charge in [0.15, 0.2) is 0 Å². The Bertz CT molecular complexity index is 861. The Morgan fingerprint density at radius 1 is 1.24 bits per heavy atom. The standard InChI is InChI=1S/C20H31N3O5S/c1-14-8-6-7-11-23(14)29(26,27)17-12-15(9-10-16(17)28-5)19(25)21-13-18(24)22-20(2,3)4/h9-10,12,14H,6-8,11,13H2,1-5H3,(H,21,25)(H,22,24)/t14-/m1/s1. The summed E-state index contributed by atoms with van der Waals surface area (Å²) in [5.74, 6) is -0.668. The number of benzene rings is 1. The Kier molecular flexibility index (Phi) is 7.29. The van der Waals surface area contributed by atoms with E-state index in [1.807, 2.05) is 27.7 Å². The zero-order valence-corrected chi connectivity index (χ0v) is 18.6. The predicted octanol–water partition coefficient (Wildman–Crippen LogP) is 1.90. The van der Waals surface area contributed by atoms with Crippen LogP contribution < -0.4 is 15.4 Å². The van der Waals surface area contributed by atoms with Crippen LogP contribution in [0.3, 0.4) is 0 Å². The Hall–Kier alpha value is -2.13. The summed E-state index contributed by atoms with van der Waals surface area (Å²) >= 11 is 0. The van der Waals surface area contributed by atoms with Crippen molar-refractivity contribution in [1.82, 2.24) is 14.9 Å². The smallest absolute Gasteiger partial charge is 0.251 e. The number of carbonyl (C=O) groups is 2. The molecule has 1 saturated heterocycles. The maximum atomic E-state index is 13.2. The van der Waals surface area contributed by atoms with Gasteiger partial charge < -0.3 is 15.4 Å². The van der Waals surface area contributed by atoms with Crippen molar-refractivity contribution in [3.63, 3.8) is 0 Å². The Balaban J connectivity index is 2.24. The maximum Gasteiger partial charge on any atom is 0.251 e. The number of nitrogens with zero attached hydrogens (tertiary/aromatic N) is 1. The molecule has 1 aromatic rings. The van der Waals surface area contributed by atoms with Gasteiger partial charge in [0.25, 0.3) is 5.91 Å². The summed E-state index contributed by atoms with van der Waals surface area (Å²) in [5, 5.41) is 5.28. The summed E-state index contributed by atoms with van der Waals surface area (Å²) in [5.41, 5.74) is -0.258. The van der Waals surface area contributed by atoms with Crippen LogP contribution >= 0.6 is 0 Å². The molecular formula is C20H31N3O5S. The summed E-state index contributed by atoms with van der Waals surface area (Å²) in [6.45, 7) is 7.65. The molecule has 2 amide bonds. The van der Waals surface area contributed by atoms with E-state index in [1.54, 1.807) is 0 Å². The van der Waals surface area contributed by atoms with Crippen LogP contribution in [0.15, 0.2) is 23.1 Å². The lowest BCUT2D eigenvalue weighted by molar-refractivity contribution is -0.121. The van der Waals surface area contributed by atoms with Gasteiger partial charge in [-0.15, -0.1) is 0 Å². The predicted molar refractivity (Wildman–Crippen MR) is 110 cm³/mol. The quantitative estimate of drug-likeness (QED) is 0.724. The molecule has 1 aliphatic rings. The van der Waals surface area contributed by atoms with Gasteiger partial charge in [-0.2, -0.15) is 4.31 Å². The molecular weight excluding hydrogens is 394 g/mol. The minimum absolute atomic E-state index is 0.0412. The third-order valence-electron chi connectivity index (χ3n) is 4.68. The van der Waals surface area contributed by atoms with Gasteiger partial charge >= 0.3 is 0 Å². The lowest BCUT2D eigenvalue weighted by Crippen LogP contribution is -2.45. The molecule has 2 rings (SSSR count). The Labute approximate surface area is 173 Å². The molecule has 0 unspecified atom stereocenters. The summed E-state index contributed by atoms with van der Waals surface area (Å²) in [7, 11) is -2.42. The normalized spacial score (nSPS) is 18.2. The maximum absolute atomic E-state index is 13.2. The number of methoxy groups -OCH3 is 1. The molecule has 0 aromatic heterocycles. The third-order valence-corrected chi connectivity index (χ3v) is 6.71. The topological polar surface area (TPSA) is 105 Å². The number of nitrogens with one attached hydrogen (secondary N) is 2. The highest BCUT2D eigenvalue weighted by molar-refractivity contribution is 7.89. The van der Waals surface area contributed by atoms with Crippen molar-refractivity contribution in [2.75, 3.05) is 20.2 Å². The van der Waals surface area contributed by atoms with Crippen LogP contribution in [-0.4, -0.2) is 56.3 Å². The molecule has 1 aliphatic heterocycles. The van der Waals surface area contributed by atoms with Gasteiger partial charge in [0.05, 0.1) is 13.7 Å². The Morgan fingerprint density at radius 2 is 1.93 bits per heavy atom. The summed E-state index contributed by atoms with van der Waals surface area (Å²) in [6.07, 6.45) is 2.59. The number of sulfonamides is 1. The summed E-state index contributed by atoms with van der Waals surface area (Å²) in [4.78, 5) is 24.4. The minimum Gasteiger partial charge on any atom is -0.495 e. The second-order valence-corrected chi connectivity index (χ2v) is 10.2. The van der Waals surface area contributed by atoms with Gasteiger partial charge in [-0.25, -0.2) is 8.42 Å². The first-order valence-corrected chi connectivity index (χ1v) is 11.2. The first-order chi connectivity index (χ1) is 13.5. The van der Waals surface area contributed by atoms with Crippen LogP contribution in [0, 0.1) is 0 Å². The molecule has 0 aliphatic carbocycles. The molecule has 0 saturated carbocycles. The van der Waals surface area contributed by atoms with Crippen molar-refractivity contribution < 1.29 is 22.7 Å². The molecule has 1 aromatic carbocycles. The number of piperidine rings is 1. The average molecular weight is 426 g/mol. The molecule has 162 valence electrons. The highest BCUT2D eigenvalue weighted by Crippen LogP contribution is 2.31. The lowest BCUT2D eigenvalue weighted by atomic mass is 10.1. The van der Waals surface area contributed by atoms with Gasteiger partial charge in [-0.3, -0.25) is 9.59 Å². The van der Waals surface area contributed by atoms with E-state index in [9.17, 15) is 18.0 Å². The van der Waals surface area contributed by atoms with Crippen molar-refractivity contribution in [1.29, 1.82) is 0 Å². The van der Waals surface area contributed by atoms with E-state index in [0.29, 0.717) is 6.54 Å². The van der Waals surface area contributed by atoms with E-state index >= 15 is 0 Å². The van der Waals surface area contributed by atoms with Crippen LogP contribution in [0.25, 0.3) is 0 Å². The number of amides is 2. The average Bonchev–Trinajstić information content (AvgIpc) is 2.64. The van der Waals surface area contributed by atoms with E-state index in [0.717, 1.165) is 19.3 Å². The minimum atomic E-state index is -3.82. The van der Waals surface area contributed by atoms with Gasteiger partial charge in [0.1, 0.15) is 10.6 Å². The van der Waals surface area contributed by atoms with E-state index in [-0.39, 0.29) is 34.7 Å². The number of ether oxygens (including phenoxy) is 1. The fourth-order valence-electron chi connectivity index (χ4n) is 3.30. The van der Waals surface area contributed by atoms with E-state index in [2.05, 4.69) is 10.6 Å². The van der Waals surface area contributed by atoms with E-state index < -0.39 is 21.5 Å². The molecule has 29 heavy (non-hydrogen) atoms. The fourth-order valence-corrected chi connectivity index (χ4v) is 5.18. The van der Waals surface area contributed by atoms with Crippen LogP contribution in [0.1, 0.15) is 57.3 Å². The van der Waals surface area contributed by atoms with Crippen molar-refractivity contribution in [3.05, 3.63) is 23.8 Å². The highest BCUT2D eigenvalue weighted by Gasteiger charge is 2.33. The second-order valence-electron chi connectivity index (χ2n) is 8.31. The number of carbonyl (C=O) groups excluding carboxylic acids is 2. The van der Waals surface area contributed by atoms with Crippen molar-refractivity contribution >= 4 is 21.8 Å². The second kappa shape index (κ2) is 9.13. The van der Waals surface area contributed by atoms with E-state index in [4.69, 9.17) is 4.74 Å². The van der Waals surface area contributed by atoms with Crippen molar-refractivity contribution in [2.45, 2.75) is 63.4 Å². The molecule has 9 heteroatoms. The molecule has 0 bridgehead atoms. The van der Waals surface area contributed by atoms with Gasteiger partial charge in [-0.05, 0) is 58.7 Å². The number of hydrogen-bond donors (Lipinski definition) is 2. The zero-order chi connectivity index (χ0) is 21.8. The van der Waals surface area contributed by atoms with Crippen molar-refractivity contribution in [2.24, 2.45) is 0 Å². The molecule has 1 fully saturated rings.